The summed E-state index contributed by atoms with van der Waals surface area (Å²) in [7, 11) is 0. The van der Waals surface area contributed by atoms with Gasteiger partial charge in [0.05, 0.1) is 18.5 Å². The molecule has 0 spiro atoms. The van der Waals surface area contributed by atoms with Gasteiger partial charge in [-0.3, -0.25) is 19.9 Å². The second-order valence-corrected chi connectivity index (χ2v) is 15.3. The number of carbonyl (C=O) groups is 1. The van der Waals surface area contributed by atoms with Gasteiger partial charge >= 0.3 is 0 Å². The van der Waals surface area contributed by atoms with Crippen LogP contribution in [0.4, 0.5) is 4.39 Å². The second-order valence-electron chi connectivity index (χ2n) is 14.0. The van der Waals surface area contributed by atoms with Gasteiger partial charge < -0.3 is 23.5 Å². The smallest absolute Gasteiger partial charge is 0.241 e. The Labute approximate surface area is 324 Å². The Hall–Kier alpha value is -4.95. The summed E-state index contributed by atoms with van der Waals surface area (Å²) in [5.74, 6) is 5.06. The summed E-state index contributed by atoms with van der Waals surface area (Å²) >= 11 is 1.87. The summed E-state index contributed by atoms with van der Waals surface area (Å²) < 4.78 is 41.6. The fourth-order valence-corrected chi connectivity index (χ4v) is 8.00. The van der Waals surface area contributed by atoms with Crippen molar-refractivity contribution in [2.24, 2.45) is 0 Å². The van der Waals surface area contributed by atoms with Crippen LogP contribution in [0.2, 0.25) is 0 Å². The molecule has 2 saturated heterocycles. The number of nitrogens with zero attached hydrogens (tertiary/aromatic N) is 4. The number of carbonyl (C=O) groups excluding carboxylic acids is 1. The van der Waals surface area contributed by atoms with E-state index in [-0.39, 0.29) is 30.0 Å². The number of piperazine rings is 1. The van der Waals surface area contributed by atoms with Crippen molar-refractivity contribution in [2.75, 3.05) is 45.3 Å². The lowest BCUT2D eigenvalue weighted by Crippen LogP contribution is -2.47. The van der Waals surface area contributed by atoms with E-state index >= 15 is 0 Å². The number of nitrogens with one attached hydrogen (secondary N) is 1. The molecule has 0 bridgehead atoms. The van der Waals surface area contributed by atoms with Gasteiger partial charge in [-0.15, -0.1) is 11.8 Å². The molecule has 3 aliphatic rings. The van der Waals surface area contributed by atoms with Gasteiger partial charge in [0.25, 0.3) is 0 Å². The zero-order valence-corrected chi connectivity index (χ0v) is 31.3. The van der Waals surface area contributed by atoms with E-state index in [1.54, 1.807) is 12.1 Å². The molecular weight excluding hydrogens is 722 g/mol. The molecule has 11 nitrogen and oxygen atoms in total. The van der Waals surface area contributed by atoms with E-state index in [0.29, 0.717) is 43.6 Å². The number of Topliss-reactive ketones (excluding diaryl/α,β-unsaturated/α-hetero) is 1. The third kappa shape index (κ3) is 10.2. The Morgan fingerprint density at radius 1 is 0.855 bits per heavy atom. The van der Waals surface area contributed by atoms with Gasteiger partial charge in [-0.2, -0.15) is 4.98 Å². The number of aryl methyl sites for hydroxylation is 1. The standard InChI is InChI=1S/C42H44FN5O6S/c43-33-11-15-35(16-12-33)50-26-30-4-9-32(10-5-30)42-45-39(54-46-42)25-48-20-18-47(19-21-48)24-34(49)3-1-2-29-6-13-36(14-7-29)53-40-27-55-41(44-40)23-31-8-17-37-38(22-31)52-28-51-37/h4-17,22,40-41,44H,1-3,18-21,23-28H2. The Balaban J connectivity index is 0.696. The third-order valence-corrected chi connectivity index (χ3v) is 11.1. The van der Waals surface area contributed by atoms with Crippen molar-refractivity contribution in [3.05, 3.63) is 119 Å². The first kappa shape index (κ1) is 37.0. The highest BCUT2D eigenvalue weighted by Crippen LogP contribution is 2.34. The topological polar surface area (TPSA) is 111 Å². The minimum atomic E-state index is -0.292. The van der Waals surface area contributed by atoms with Crippen molar-refractivity contribution in [1.29, 1.82) is 0 Å². The SMILES string of the molecule is O=C(CCCc1ccc(OC2CSC(Cc3ccc4c(c3)OCO4)N2)cc1)CN1CCN(Cc2nc(-c3ccc(COc4ccc(F)cc4)cc3)no2)CC1. The van der Waals surface area contributed by atoms with E-state index < -0.39 is 0 Å². The van der Waals surface area contributed by atoms with E-state index in [0.717, 1.165) is 79.6 Å². The Morgan fingerprint density at radius 2 is 1.58 bits per heavy atom. The first-order valence-electron chi connectivity index (χ1n) is 18.8. The van der Waals surface area contributed by atoms with Crippen molar-refractivity contribution in [1.82, 2.24) is 25.3 Å². The summed E-state index contributed by atoms with van der Waals surface area (Å²) in [6, 6.07) is 28.1. The molecule has 0 radical (unpaired) electrons. The number of thioether (sulfide) groups is 1. The maximum Gasteiger partial charge on any atom is 0.241 e. The Kier molecular flexibility index (Phi) is 11.9. The van der Waals surface area contributed by atoms with Crippen molar-refractivity contribution >= 4 is 17.5 Å². The number of aromatic nitrogens is 2. The molecule has 8 rings (SSSR count). The van der Waals surface area contributed by atoms with Crippen molar-refractivity contribution < 1.29 is 32.7 Å². The number of hydrogen-bond donors (Lipinski definition) is 1. The molecule has 4 heterocycles. The lowest BCUT2D eigenvalue weighted by atomic mass is 10.1. The lowest BCUT2D eigenvalue weighted by molar-refractivity contribution is -0.120. The second kappa shape index (κ2) is 17.7. The van der Waals surface area contributed by atoms with Crippen LogP contribution >= 0.6 is 11.8 Å². The molecular formula is C42H44FN5O6S. The highest BCUT2D eigenvalue weighted by atomic mass is 32.2. The molecule has 0 aliphatic carbocycles. The number of halogens is 1. The number of ketones is 1. The number of hydrogen-bond acceptors (Lipinski definition) is 12. The van der Waals surface area contributed by atoms with Gasteiger partial charge in [0, 0.05) is 43.9 Å². The number of ether oxygens (including phenoxy) is 4. The highest BCUT2D eigenvalue weighted by molar-refractivity contribution is 8.00. The molecule has 286 valence electrons. The normalized spacial score (nSPS) is 18.4. The van der Waals surface area contributed by atoms with Crippen LogP contribution in [0.25, 0.3) is 11.4 Å². The zero-order valence-electron chi connectivity index (χ0n) is 30.5. The number of fused-ring (bicyclic) bond motifs is 1. The molecule has 1 aromatic heterocycles. The van der Waals surface area contributed by atoms with Crippen LogP contribution in [0.1, 0.15) is 35.4 Å². The van der Waals surface area contributed by atoms with E-state index in [4.69, 9.17) is 23.5 Å². The summed E-state index contributed by atoms with van der Waals surface area (Å²) in [6.07, 6.45) is 3.10. The molecule has 0 amide bonds. The molecule has 1 N–H and O–H groups in total. The maximum atomic E-state index is 13.1. The highest BCUT2D eigenvalue weighted by Gasteiger charge is 2.27. The minimum Gasteiger partial charge on any atom is -0.489 e. The monoisotopic (exact) mass is 765 g/mol. The molecule has 55 heavy (non-hydrogen) atoms. The van der Waals surface area contributed by atoms with Crippen molar-refractivity contribution in [2.45, 2.75) is 50.4 Å². The summed E-state index contributed by atoms with van der Waals surface area (Å²) in [5, 5.41) is 8.04. The Bertz CT molecular complexity index is 2020. The first-order valence-corrected chi connectivity index (χ1v) is 19.8. The molecule has 2 unspecified atom stereocenters. The van der Waals surface area contributed by atoms with Crippen molar-refractivity contribution in [3.8, 4) is 34.4 Å². The molecule has 4 aromatic carbocycles. The van der Waals surface area contributed by atoms with Gasteiger partial charge in [0.2, 0.25) is 18.5 Å². The number of rotatable bonds is 16. The van der Waals surface area contributed by atoms with E-state index in [1.807, 2.05) is 54.2 Å². The van der Waals surface area contributed by atoms with Crippen LogP contribution in [0.15, 0.2) is 95.5 Å². The molecule has 2 fully saturated rings. The van der Waals surface area contributed by atoms with Crippen LogP contribution < -0.4 is 24.3 Å². The van der Waals surface area contributed by atoms with Crippen LogP contribution in [-0.2, 0) is 30.8 Å². The van der Waals surface area contributed by atoms with Gasteiger partial charge in [0.15, 0.2) is 17.7 Å². The van der Waals surface area contributed by atoms with Crippen LogP contribution in [0.3, 0.4) is 0 Å². The van der Waals surface area contributed by atoms with Crippen molar-refractivity contribution in [3.63, 3.8) is 0 Å². The largest absolute Gasteiger partial charge is 0.489 e. The lowest BCUT2D eigenvalue weighted by Gasteiger charge is -2.33. The van der Waals surface area contributed by atoms with Crippen LogP contribution in [0.5, 0.6) is 23.0 Å². The van der Waals surface area contributed by atoms with Crippen LogP contribution in [-0.4, -0.2) is 82.6 Å². The minimum absolute atomic E-state index is 0.0421. The van der Waals surface area contributed by atoms with Gasteiger partial charge in [-0.1, -0.05) is 47.6 Å². The van der Waals surface area contributed by atoms with E-state index in [1.165, 1.54) is 23.3 Å². The van der Waals surface area contributed by atoms with Gasteiger partial charge in [-0.25, -0.2) is 4.39 Å². The van der Waals surface area contributed by atoms with Crippen LogP contribution in [0, 0.1) is 5.82 Å². The summed E-state index contributed by atoms with van der Waals surface area (Å²) in [6.45, 7) is 5.02. The molecule has 2 atom stereocenters. The third-order valence-electron chi connectivity index (χ3n) is 9.92. The van der Waals surface area contributed by atoms with E-state index in [2.05, 4.69) is 49.5 Å². The predicted octanol–water partition coefficient (Wildman–Crippen LogP) is 6.50. The number of benzene rings is 4. The molecule has 3 aliphatic heterocycles. The predicted molar refractivity (Wildman–Crippen MR) is 207 cm³/mol. The molecule has 13 heteroatoms. The fourth-order valence-electron chi connectivity index (χ4n) is 6.87. The Morgan fingerprint density at radius 3 is 2.40 bits per heavy atom. The maximum absolute atomic E-state index is 13.1. The quantitative estimate of drug-likeness (QED) is 0.118. The summed E-state index contributed by atoms with van der Waals surface area (Å²) in [5.41, 5.74) is 4.25. The zero-order chi connectivity index (χ0) is 37.4. The average molecular weight is 766 g/mol. The van der Waals surface area contributed by atoms with Gasteiger partial charge in [0.1, 0.15) is 29.7 Å². The van der Waals surface area contributed by atoms with E-state index in [9.17, 15) is 9.18 Å². The fraction of sp³-hybridized carbons (Fsp3) is 0.357. The first-order chi connectivity index (χ1) is 27.0. The molecule has 5 aromatic rings. The average Bonchev–Trinajstić information content (AvgIpc) is 3.98. The van der Waals surface area contributed by atoms with Gasteiger partial charge in [-0.05, 0) is 84.5 Å². The molecule has 0 saturated carbocycles. The summed E-state index contributed by atoms with van der Waals surface area (Å²) in [4.78, 5) is 22.0.